The Kier molecular flexibility index (Phi) is 9.77. The minimum atomic E-state index is -2.66. The molecule has 6 rings (SSSR count). The standard InChI is InChI=1S/C38H50O7Si/c1-28-25-33-34(44-38(28)24-23-37(45-38)22-14-16-29(43-37)15-12-13-21-35(39)40-5)26-30(42-33)27-41-46(36(2,3)4,31-17-8-6-9-18-31)32-19-10-7-11-20-32/h6-12,14-15,17-20,22,28-30,33-34H,13,16,21,23-27H2,1-5H3/b15-12+/t28-,29+,30+,33-,34-,37-,38-/m0/s1. The van der Waals surface area contributed by atoms with E-state index in [0.29, 0.717) is 19.4 Å². The maximum Gasteiger partial charge on any atom is 0.305 e. The Morgan fingerprint density at radius 1 is 0.978 bits per heavy atom. The normalized spacial score (nSPS) is 32.8. The van der Waals surface area contributed by atoms with Crippen molar-refractivity contribution in [1.82, 2.24) is 0 Å². The molecule has 0 N–H and O–H groups in total. The molecule has 4 heterocycles. The lowest BCUT2D eigenvalue weighted by molar-refractivity contribution is -0.355. The van der Waals surface area contributed by atoms with Crippen molar-refractivity contribution in [2.45, 2.75) is 114 Å². The first-order valence-corrected chi connectivity index (χ1v) is 18.9. The van der Waals surface area contributed by atoms with Crippen LogP contribution in [-0.2, 0) is 32.9 Å². The van der Waals surface area contributed by atoms with Gasteiger partial charge in [0.2, 0.25) is 0 Å². The van der Waals surface area contributed by atoms with Crippen molar-refractivity contribution in [2.75, 3.05) is 13.7 Å². The van der Waals surface area contributed by atoms with Crippen LogP contribution in [0.1, 0.15) is 72.6 Å². The second kappa shape index (κ2) is 13.5. The second-order valence-electron chi connectivity index (χ2n) is 14.4. The first-order chi connectivity index (χ1) is 22.1. The smallest absolute Gasteiger partial charge is 0.305 e. The molecule has 8 heteroatoms. The third kappa shape index (κ3) is 6.57. The van der Waals surface area contributed by atoms with Crippen molar-refractivity contribution in [3.8, 4) is 0 Å². The van der Waals surface area contributed by atoms with E-state index in [9.17, 15) is 4.79 Å². The van der Waals surface area contributed by atoms with Gasteiger partial charge in [-0.2, -0.15) is 0 Å². The zero-order chi connectivity index (χ0) is 32.4. The van der Waals surface area contributed by atoms with Crippen LogP contribution >= 0.6 is 0 Å². The molecule has 7 nitrogen and oxygen atoms in total. The van der Waals surface area contributed by atoms with Crippen LogP contribution in [-0.4, -0.2) is 64.0 Å². The van der Waals surface area contributed by atoms with Gasteiger partial charge in [0, 0.05) is 31.6 Å². The molecule has 0 aliphatic carbocycles. The molecule has 0 aromatic heterocycles. The van der Waals surface area contributed by atoms with E-state index in [4.69, 9.17) is 28.1 Å². The zero-order valence-electron chi connectivity index (χ0n) is 28.0. The number of methoxy groups -OCH3 is 1. The third-order valence-corrected chi connectivity index (χ3v) is 15.2. The third-order valence-electron chi connectivity index (χ3n) is 10.2. The molecule has 0 radical (unpaired) electrons. The maximum absolute atomic E-state index is 11.5. The number of carbonyl (C=O) groups excluding carboxylic acids is 1. The van der Waals surface area contributed by atoms with E-state index in [1.54, 1.807) is 0 Å². The molecule has 0 amide bonds. The van der Waals surface area contributed by atoms with Gasteiger partial charge in [0.05, 0.1) is 38.1 Å². The molecule has 7 atom stereocenters. The van der Waals surface area contributed by atoms with Crippen molar-refractivity contribution < 1.29 is 32.9 Å². The predicted octanol–water partition coefficient (Wildman–Crippen LogP) is 6.20. The maximum atomic E-state index is 11.5. The number of esters is 1. The molecule has 3 fully saturated rings. The monoisotopic (exact) mass is 646 g/mol. The lowest BCUT2D eigenvalue weighted by atomic mass is 9.86. The van der Waals surface area contributed by atoms with Crippen molar-refractivity contribution in [3.05, 3.63) is 85.0 Å². The Balaban J connectivity index is 1.13. The number of benzene rings is 2. The number of allylic oxidation sites excluding steroid dienone is 1. The van der Waals surface area contributed by atoms with E-state index in [2.05, 4.69) is 101 Å². The van der Waals surface area contributed by atoms with Gasteiger partial charge in [0.15, 0.2) is 11.6 Å². The highest BCUT2D eigenvalue weighted by Crippen LogP contribution is 2.52. The number of ether oxygens (including phenoxy) is 5. The molecular weight excluding hydrogens is 596 g/mol. The summed E-state index contributed by atoms with van der Waals surface area (Å²) in [6.07, 6.45) is 12.9. The Labute approximate surface area is 275 Å². The fraction of sp³-hybridized carbons (Fsp3) is 0.553. The Hall–Kier alpha value is -2.59. The molecule has 46 heavy (non-hydrogen) atoms. The van der Waals surface area contributed by atoms with E-state index < -0.39 is 19.9 Å². The van der Waals surface area contributed by atoms with E-state index in [0.717, 1.165) is 32.1 Å². The summed E-state index contributed by atoms with van der Waals surface area (Å²) in [7, 11) is -1.25. The van der Waals surface area contributed by atoms with Gasteiger partial charge in [-0.15, -0.1) is 0 Å². The van der Waals surface area contributed by atoms with E-state index in [1.807, 2.05) is 12.2 Å². The van der Waals surface area contributed by atoms with Crippen LogP contribution < -0.4 is 10.4 Å². The minimum Gasteiger partial charge on any atom is -0.469 e. The Morgan fingerprint density at radius 3 is 2.33 bits per heavy atom. The highest BCUT2D eigenvalue weighted by molar-refractivity contribution is 6.99. The van der Waals surface area contributed by atoms with Crippen LogP contribution in [0.3, 0.4) is 0 Å². The molecule has 2 spiro atoms. The highest BCUT2D eigenvalue weighted by Gasteiger charge is 2.60. The van der Waals surface area contributed by atoms with E-state index in [-0.39, 0.29) is 41.3 Å². The van der Waals surface area contributed by atoms with Crippen molar-refractivity contribution >= 4 is 24.7 Å². The zero-order valence-corrected chi connectivity index (χ0v) is 29.0. The summed E-state index contributed by atoms with van der Waals surface area (Å²) >= 11 is 0. The van der Waals surface area contributed by atoms with E-state index >= 15 is 0 Å². The Morgan fingerprint density at radius 2 is 1.67 bits per heavy atom. The summed E-state index contributed by atoms with van der Waals surface area (Å²) in [6.45, 7) is 9.65. The summed E-state index contributed by atoms with van der Waals surface area (Å²) in [5.41, 5.74) is 0. The molecule has 248 valence electrons. The van der Waals surface area contributed by atoms with Gasteiger partial charge < -0.3 is 28.1 Å². The average molecular weight is 647 g/mol. The predicted molar refractivity (Wildman–Crippen MR) is 180 cm³/mol. The largest absolute Gasteiger partial charge is 0.469 e. The first-order valence-electron chi connectivity index (χ1n) is 17.0. The lowest BCUT2D eigenvalue weighted by Crippen LogP contribution is -2.67. The summed E-state index contributed by atoms with van der Waals surface area (Å²) in [5.74, 6) is -1.57. The molecule has 0 unspecified atom stereocenters. The Bertz CT molecular complexity index is 1350. The van der Waals surface area contributed by atoms with Crippen LogP contribution in [0.4, 0.5) is 0 Å². The molecule has 2 aromatic rings. The van der Waals surface area contributed by atoms with Crippen LogP contribution in [0.15, 0.2) is 85.0 Å². The van der Waals surface area contributed by atoms with Gasteiger partial charge in [-0.1, -0.05) is 107 Å². The summed E-state index contributed by atoms with van der Waals surface area (Å²) < 4.78 is 38.9. The summed E-state index contributed by atoms with van der Waals surface area (Å²) in [4.78, 5) is 11.5. The van der Waals surface area contributed by atoms with Crippen molar-refractivity contribution in [3.63, 3.8) is 0 Å². The minimum absolute atomic E-state index is 0.0156. The van der Waals surface area contributed by atoms with Gasteiger partial charge in [-0.05, 0) is 40.8 Å². The fourth-order valence-corrected chi connectivity index (χ4v) is 12.5. The molecule has 2 aromatic carbocycles. The van der Waals surface area contributed by atoms with Gasteiger partial charge in [0.25, 0.3) is 8.32 Å². The lowest BCUT2D eigenvalue weighted by Gasteiger charge is -2.45. The van der Waals surface area contributed by atoms with Crippen LogP contribution in [0.25, 0.3) is 0 Å². The highest BCUT2D eigenvalue weighted by atomic mass is 28.4. The van der Waals surface area contributed by atoms with Crippen LogP contribution in [0.5, 0.6) is 0 Å². The molecular formula is C38H50O7Si. The SMILES string of the molecule is COC(=O)CC/C=C/[C@@H]1CC=C[C@]2(CC[C@]3(O[C@H]4C[C@H](CO[Si](c5ccccc5)(c5ccccc5)C(C)(C)C)O[C@H]4C[C@@H]3C)O2)O1. The average Bonchev–Trinajstić information content (AvgIpc) is 3.60. The number of rotatable bonds is 9. The molecule has 4 aliphatic rings. The number of hydrogen-bond donors (Lipinski definition) is 0. The number of hydrogen-bond acceptors (Lipinski definition) is 7. The molecule has 0 bridgehead atoms. The van der Waals surface area contributed by atoms with Crippen molar-refractivity contribution in [2.24, 2.45) is 5.92 Å². The van der Waals surface area contributed by atoms with Gasteiger partial charge >= 0.3 is 5.97 Å². The topological polar surface area (TPSA) is 72.5 Å². The van der Waals surface area contributed by atoms with Crippen molar-refractivity contribution in [1.29, 1.82) is 0 Å². The molecule has 0 saturated carbocycles. The van der Waals surface area contributed by atoms with Gasteiger partial charge in [0.1, 0.15) is 0 Å². The first kappa shape index (κ1) is 33.3. The number of fused-ring (bicyclic) bond motifs is 1. The quantitative estimate of drug-likeness (QED) is 0.183. The molecule has 4 aliphatic heterocycles. The second-order valence-corrected chi connectivity index (χ2v) is 18.7. The molecule has 3 saturated heterocycles. The van der Waals surface area contributed by atoms with Gasteiger partial charge in [-0.3, -0.25) is 4.79 Å². The summed E-state index contributed by atoms with van der Waals surface area (Å²) in [5, 5.41) is 2.45. The van der Waals surface area contributed by atoms with E-state index in [1.165, 1.54) is 17.5 Å². The van der Waals surface area contributed by atoms with Gasteiger partial charge in [-0.25, -0.2) is 0 Å². The number of carbonyl (C=O) groups is 1. The summed E-state index contributed by atoms with van der Waals surface area (Å²) in [6, 6.07) is 21.5. The van der Waals surface area contributed by atoms with Crippen LogP contribution in [0, 0.1) is 5.92 Å². The van der Waals surface area contributed by atoms with Crippen LogP contribution in [0.2, 0.25) is 5.04 Å². The fourth-order valence-electron chi connectivity index (χ4n) is 7.89.